The Morgan fingerprint density at radius 2 is 2.21 bits per heavy atom. The van der Waals surface area contributed by atoms with E-state index in [1.54, 1.807) is 0 Å². The van der Waals surface area contributed by atoms with Crippen LogP contribution < -0.4 is 4.72 Å². The summed E-state index contributed by atoms with van der Waals surface area (Å²) in [6, 6.07) is 3.81. The van der Waals surface area contributed by atoms with Crippen LogP contribution in [0.2, 0.25) is 0 Å². The zero-order valence-corrected chi connectivity index (χ0v) is 13.1. The molecule has 0 amide bonds. The molecule has 0 fully saturated rings. The van der Waals surface area contributed by atoms with E-state index in [1.807, 2.05) is 12.3 Å². The summed E-state index contributed by atoms with van der Waals surface area (Å²) >= 11 is 4.43. The summed E-state index contributed by atoms with van der Waals surface area (Å²) in [4.78, 5) is 3.76. The van der Waals surface area contributed by atoms with Crippen LogP contribution in [0.5, 0.6) is 0 Å². The number of halogens is 2. The fourth-order valence-electron chi connectivity index (χ4n) is 1.41. The Morgan fingerprint density at radius 1 is 1.47 bits per heavy atom. The highest BCUT2D eigenvalue weighted by Gasteiger charge is 2.19. The molecule has 2 rings (SSSR count). The highest BCUT2D eigenvalue weighted by Crippen LogP contribution is 2.19. The van der Waals surface area contributed by atoms with Gasteiger partial charge in [-0.2, -0.15) is 0 Å². The third-order valence-electron chi connectivity index (χ3n) is 2.26. The Bertz CT molecular complexity index is 700. The highest BCUT2D eigenvalue weighted by molar-refractivity contribution is 9.10. The number of thiazole rings is 1. The van der Waals surface area contributed by atoms with Gasteiger partial charge in [-0.3, -0.25) is 0 Å². The van der Waals surface area contributed by atoms with Gasteiger partial charge in [0.1, 0.15) is 15.7 Å². The van der Waals surface area contributed by atoms with Crippen LogP contribution in [0.4, 0.5) is 4.39 Å². The van der Waals surface area contributed by atoms with Gasteiger partial charge in [0.2, 0.25) is 10.0 Å². The second-order valence-electron chi connectivity index (χ2n) is 3.78. The molecule has 1 aromatic carbocycles. The number of aryl methyl sites for hydroxylation is 1. The number of nitrogens with zero attached hydrogens (tertiary/aromatic N) is 1. The monoisotopic (exact) mass is 364 g/mol. The van der Waals surface area contributed by atoms with Gasteiger partial charge >= 0.3 is 0 Å². The van der Waals surface area contributed by atoms with Crippen molar-refractivity contribution >= 4 is 37.3 Å². The molecule has 102 valence electrons. The first-order valence-corrected chi connectivity index (χ1v) is 8.40. The Morgan fingerprint density at radius 3 is 2.79 bits per heavy atom. The normalized spacial score (nSPS) is 11.7. The molecule has 0 radical (unpaired) electrons. The number of hydrogen-bond acceptors (Lipinski definition) is 4. The van der Waals surface area contributed by atoms with Gasteiger partial charge in [-0.25, -0.2) is 22.5 Å². The minimum Gasteiger partial charge on any atom is -0.245 e. The second-order valence-corrected chi connectivity index (χ2v) is 7.38. The topological polar surface area (TPSA) is 59.1 Å². The van der Waals surface area contributed by atoms with E-state index < -0.39 is 15.8 Å². The summed E-state index contributed by atoms with van der Waals surface area (Å²) in [7, 11) is -3.88. The number of aromatic nitrogens is 1. The number of hydrogen-bond donors (Lipinski definition) is 1. The van der Waals surface area contributed by atoms with E-state index >= 15 is 0 Å². The molecule has 0 aliphatic rings. The van der Waals surface area contributed by atoms with E-state index in [9.17, 15) is 12.8 Å². The largest absolute Gasteiger partial charge is 0.245 e. The van der Waals surface area contributed by atoms with Crippen molar-refractivity contribution in [2.45, 2.75) is 18.4 Å². The molecule has 0 saturated carbocycles. The zero-order chi connectivity index (χ0) is 14.0. The van der Waals surface area contributed by atoms with Crippen molar-refractivity contribution in [1.29, 1.82) is 0 Å². The quantitative estimate of drug-likeness (QED) is 0.907. The molecule has 8 heteroatoms. The highest BCUT2D eigenvalue weighted by atomic mass is 79.9. The number of rotatable bonds is 4. The van der Waals surface area contributed by atoms with Crippen molar-refractivity contribution in [2.75, 3.05) is 0 Å². The number of nitrogens with one attached hydrogen (secondary N) is 1. The van der Waals surface area contributed by atoms with Crippen LogP contribution in [-0.4, -0.2) is 13.4 Å². The standard InChI is InChI=1S/C11H10BrFN2O2S2/c1-7-6-18-11(15-7)5-14-19(16,17)10-3-2-8(12)4-9(10)13/h2-4,6,14H,5H2,1H3. The van der Waals surface area contributed by atoms with Crippen molar-refractivity contribution in [3.63, 3.8) is 0 Å². The summed E-state index contributed by atoms with van der Waals surface area (Å²) in [5, 5.41) is 2.46. The first-order chi connectivity index (χ1) is 8.88. The fourth-order valence-corrected chi connectivity index (χ4v) is 3.59. The molecular formula is C11H10BrFN2O2S2. The van der Waals surface area contributed by atoms with Gasteiger partial charge < -0.3 is 0 Å². The van der Waals surface area contributed by atoms with Gasteiger partial charge in [0.05, 0.1) is 6.54 Å². The molecule has 0 atom stereocenters. The maximum absolute atomic E-state index is 13.6. The molecule has 2 aromatic rings. The third kappa shape index (κ3) is 3.59. The van der Waals surface area contributed by atoms with E-state index in [1.165, 1.54) is 23.5 Å². The second kappa shape index (κ2) is 5.66. The molecule has 0 unspecified atom stereocenters. The van der Waals surface area contributed by atoms with Crippen LogP contribution in [0.25, 0.3) is 0 Å². The Balaban J connectivity index is 2.18. The Hall–Kier alpha value is -0.830. The molecule has 0 bridgehead atoms. The molecular weight excluding hydrogens is 355 g/mol. The van der Waals surface area contributed by atoms with E-state index in [4.69, 9.17) is 0 Å². The summed E-state index contributed by atoms with van der Waals surface area (Å²) in [6.07, 6.45) is 0. The van der Waals surface area contributed by atoms with Gasteiger partial charge in [-0.05, 0) is 25.1 Å². The van der Waals surface area contributed by atoms with Crippen LogP contribution in [0.1, 0.15) is 10.7 Å². The molecule has 0 spiro atoms. The smallest absolute Gasteiger partial charge is 0.243 e. The molecule has 0 saturated heterocycles. The first-order valence-electron chi connectivity index (χ1n) is 5.24. The summed E-state index contributed by atoms with van der Waals surface area (Å²) in [5.74, 6) is -0.794. The average Bonchev–Trinajstić information content (AvgIpc) is 2.72. The molecule has 19 heavy (non-hydrogen) atoms. The van der Waals surface area contributed by atoms with Gasteiger partial charge in [-0.15, -0.1) is 11.3 Å². The summed E-state index contributed by atoms with van der Waals surface area (Å²) in [5.41, 5.74) is 0.828. The Labute approximate surface area is 122 Å². The van der Waals surface area contributed by atoms with Crippen LogP contribution >= 0.6 is 27.3 Å². The van der Waals surface area contributed by atoms with Crippen LogP contribution in [0.15, 0.2) is 32.9 Å². The van der Waals surface area contributed by atoms with E-state index in [-0.39, 0.29) is 11.4 Å². The predicted molar refractivity (Wildman–Crippen MR) is 75.0 cm³/mol. The van der Waals surface area contributed by atoms with E-state index in [0.717, 1.165) is 11.8 Å². The molecule has 1 heterocycles. The molecule has 0 aliphatic carbocycles. The van der Waals surface area contributed by atoms with Gasteiger partial charge in [0.15, 0.2) is 0 Å². The van der Waals surface area contributed by atoms with Gasteiger partial charge in [0, 0.05) is 15.5 Å². The lowest BCUT2D eigenvalue weighted by atomic mass is 10.3. The maximum Gasteiger partial charge on any atom is 0.243 e. The SMILES string of the molecule is Cc1csc(CNS(=O)(=O)c2ccc(Br)cc2F)n1. The van der Waals surface area contributed by atoms with Crippen LogP contribution in [-0.2, 0) is 16.6 Å². The lowest BCUT2D eigenvalue weighted by molar-refractivity contribution is 0.556. The summed E-state index contributed by atoms with van der Waals surface area (Å²) < 4.78 is 40.3. The van der Waals surface area contributed by atoms with E-state index in [2.05, 4.69) is 25.6 Å². The number of benzene rings is 1. The maximum atomic E-state index is 13.6. The minimum atomic E-state index is -3.88. The van der Waals surface area contributed by atoms with Crippen molar-refractivity contribution in [3.05, 3.63) is 44.6 Å². The fraction of sp³-hybridized carbons (Fsp3) is 0.182. The van der Waals surface area contributed by atoms with Crippen molar-refractivity contribution < 1.29 is 12.8 Å². The minimum absolute atomic E-state index is 0.0519. The average molecular weight is 365 g/mol. The van der Waals surface area contributed by atoms with Gasteiger partial charge in [0.25, 0.3) is 0 Å². The Kier molecular flexibility index (Phi) is 4.34. The van der Waals surface area contributed by atoms with Crippen molar-refractivity contribution in [1.82, 2.24) is 9.71 Å². The predicted octanol–water partition coefficient (Wildman–Crippen LogP) is 2.83. The molecule has 1 aromatic heterocycles. The molecule has 0 aliphatic heterocycles. The van der Waals surface area contributed by atoms with Crippen LogP contribution in [0.3, 0.4) is 0 Å². The van der Waals surface area contributed by atoms with E-state index in [0.29, 0.717) is 9.48 Å². The van der Waals surface area contributed by atoms with Gasteiger partial charge in [-0.1, -0.05) is 15.9 Å². The number of sulfonamides is 1. The van der Waals surface area contributed by atoms with Crippen molar-refractivity contribution in [2.24, 2.45) is 0 Å². The first kappa shape index (κ1) is 14.6. The third-order valence-corrected chi connectivity index (χ3v) is 5.16. The summed E-state index contributed by atoms with van der Waals surface area (Å²) in [6.45, 7) is 1.87. The van der Waals surface area contributed by atoms with Crippen molar-refractivity contribution in [3.8, 4) is 0 Å². The molecule has 4 nitrogen and oxygen atoms in total. The zero-order valence-electron chi connectivity index (χ0n) is 9.85. The molecule has 1 N–H and O–H groups in total. The lowest BCUT2D eigenvalue weighted by Gasteiger charge is -2.06. The lowest BCUT2D eigenvalue weighted by Crippen LogP contribution is -2.24. The van der Waals surface area contributed by atoms with Crippen LogP contribution in [0, 0.1) is 12.7 Å².